The number of methoxy groups -OCH3 is 1. The molecule has 23 heavy (non-hydrogen) atoms. The molecule has 0 saturated heterocycles. The van der Waals surface area contributed by atoms with Gasteiger partial charge in [0.25, 0.3) is 0 Å². The van der Waals surface area contributed by atoms with E-state index in [0.717, 1.165) is 11.3 Å². The number of benzene rings is 2. The van der Waals surface area contributed by atoms with Crippen LogP contribution in [0, 0.1) is 0 Å². The van der Waals surface area contributed by atoms with Gasteiger partial charge in [-0.1, -0.05) is 36.0 Å². The van der Waals surface area contributed by atoms with Crippen molar-refractivity contribution >= 4 is 11.8 Å². The fourth-order valence-corrected chi connectivity index (χ4v) is 2.93. The Balaban J connectivity index is 1.78. The molecule has 0 fully saturated rings. The summed E-state index contributed by atoms with van der Waals surface area (Å²) in [6.07, 6.45) is 0. The zero-order valence-electron chi connectivity index (χ0n) is 12.5. The zero-order chi connectivity index (χ0) is 16.2. The molecule has 1 aromatic heterocycles. The van der Waals surface area contributed by atoms with Crippen LogP contribution < -0.4 is 10.6 Å². The molecule has 0 amide bonds. The average molecular weight is 328 g/mol. The van der Waals surface area contributed by atoms with Crippen LogP contribution in [-0.2, 0) is 5.75 Å². The van der Waals surface area contributed by atoms with Crippen molar-refractivity contribution in [2.45, 2.75) is 10.9 Å². The number of para-hydroxylation sites is 1. The molecule has 118 valence electrons. The summed E-state index contributed by atoms with van der Waals surface area (Å²) in [4.78, 5) is 0. The van der Waals surface area contributed by atoms with Crippen molar-refractivity contribution in [1.29, 1.82) is 0 Å². The van der Waals surface area contributed by atoms with Crippen LogP contribution in [-0.4, -0.2) is 27.1 Å². The summed E-state index contributed by atoms with van der Waals surface area (Å²) in [5, 5.41) is 18.7. The maximum Gasteiger partial charge on any atom is 0.210 e. The number of nitrogens with two attached hydrogens (primary N) is 1. The molecule has 6 nitrogen and oxygen atoms in total. The van der Waals surface area contributed by atoms with Crippen molar-refractivity contribution in [3.8, 4) is 22.9 Å². The highest BCUT2D eigenvalue weighted by molar-refractivity contribution is 7.98. The molecular weight excluding hydrogens is 312 g/mol. The van der Waals surface area contributed by atoms with E-state index in [1.807, 2.05) is 30.3 Å². The Kier molecular flexibility index (Phi) is 4.38. The minimum Gasteiger partial charge on any atom is -0.507 e. The fraction of sp³-hybridized carbons (Fsp3) is 0.125. The van der Waals surface area contributed by atoms with Crippen molar-refractivity contribution in [2.24, 2.45) is 0 Å². The first kappa shape index (κ1) is 15.2. The molecular formula is C16H16N4O2S. The van der Waals surface area contributed by atoms with Crippen LogP contribution in [0.15, 0.2) is 53.7 Å². The maximum atomic E-state index is 9.91. The minimum absolute atomic E-state index is 0.121. The Morgan fingerprint density at radius 2 is 2.00 bits per heavy atom. The van der Waals surface area contributed by atoms with Gasteiger partial charge in [0.2, 0.25) is 5.16 Å². The largest absolute Gasteiger partial charge is 0.507 e. The molecule has 3 aromatic rings. The second kappa shape index (κ2) is 6.62. The number of phenols is 1. The van der Waals surface area contributed by atoms with E-state index in [2.05, 4.69) is 10.2 Å². The number of aromatic nitrogens is 3. The zero-order valence-corrected chi connectivity index (χ0v) is 13.3. The molecule has 0 radical (unpaired) electrons. The third kappa shape index (κ3) is 3.24. The number of aromatic hydroxyl groups is 1. The number of phenolic OH excluding ortho intramolecular Hbond substituents is 1. The van der Waals surface area contributed by atoms with E-state index in [1.54, 1.807) is 25.3 Å². The van der Waals surface area contributed by atoms with E-state index in [4.69, 9.17) is 10.6 Å². The van der Waals surface area contributed by atoms with Crippen LogP contribution in [0.25, 0.3) is 11.4 Å². The standard InChI is InChI=1S/C16H16N4O2S/c1-22-12-6-4-5-11(9-12)10-23-16-19-18-15(20(16)17)13-7-2-3-8-14(13)21/h2-9,21H,10,17H2,1H3. The van der Waals surface area contributed by atoms with Crippen LogP contribution in [0.5, 0.6) is 11.5 Å². The van der Waals surface area contributed by atoms with Crippen LogP contribution in [0.1, 0.15) is 5.56 Å². The van der Waals surface area contributed by atoms with Crippen molar-refractivity contribution in [2.75, 3.05) is 13.0 Å². The third-order valence-electron chi connectivity index (χ3n) is 3.31. The van der Waals surface area contributed by atoms with E-state index in [9.17, 15) is 5.11 Å². The van der Waals surface area contributed by atoms with Gasteiger partial charge in [-0.05, 0) is 29.8 Å². The molecule has 0 unspecified atom stereocenters. The summed E-state index contributed by atoms with van der Waals surface area (Å²) in [6, 6.07) is 14.7. The van der Waals surface area contributed by atoms with Gasteiger partial charge in [0.05, 0.1) is 12.7 Å². The molecule has 1 heterocycles. The maximum absolute atomic E-state index is 9.91. The predicted octanol–water partition coefficient (Wildman–Crippen LogP) is 2.67. The van der Waals surface area contributed by atoms with Crippen LogP contribution in [0.2, 0.25) is 0 Å². The lowest BCUT2D eigenvalue weighted by molar-refractivity contribution is 0.414. The van der Waals surface area contributed by atoms with Crippen molar-refractivity contribution in [3.63, 3.8) is 0 Å². The smallest absolute Gasteiger partial charge is 0.210 e. The summed E-state index contributed by atoms with van der Waals surface area (Å²) < 4.78 is 6.60. The number of ether oxygens (including phenoxy) is 1. The van der Waals surface area contributed by atoms with E-state index in [-0.39, 0.29) is 5.75 Å². The van der Waals surface area contributed by atoms with Crippen LogP contribution in [0.4, 0.5) is 0 Å². The molecule has 0 atom stereocenters. The lowest BCUT2D eigenvalue weighted by Crippen LogP contribution is -2.11. The number of thioether (sulfide) groups is 1. The second-order valence-corrected chi connectivity index (χ2v) is 5.78. The molecule has 0 bridgehead atoms. The quantitative estimate of drug-likeness (QED) is 0.553. The molecule has 0 aliphatic carbocycles. The Hall–Kier alpha value is -2.67. The SMILES string of the molecule is COc1cccc(CSc2nnc(-c3ccccc3O)n2N)c1. The molecule has 0 saturated carbocycles. The highest BCUT2D eigenvalue weighted by atomic mass is 32.2. The van der Waals surface area contributed by atoms with Gasteiger partial charge < -0.3 is 15.7 Å². The van der Waals surface area contributed by atoms with Gasteiger partial charge in [-0.25, -0.2) is 4.68 Å². The lowest BCUT2D eigenvalue weighted by atomic mass is 10.2. The minimum atomic E-state index is 0.121. The second-order valence-electron chi connectivity index (χ2n) is 4.83. The average Bonchev–Trinajstić information content (AvgIpc) is 2.94. The Labute approximate surface area is 137 Å². The molecule has 3 N–H and O–H groups in total. The van der Waals surface area contributed by atoms with Gasteiger partial charge in [-0.15, -0.1) is 10.2 Å². The van der Waals surface area contributed by atoms with Gasteiger partial charge >= 0.3 is 0 Å². The third-order valence-corrected chi connectivity index (χ3v) is 4.33. The Morgan fingerprint density at radius 3 is 2.78 bits per heavy atom. The number of nitrogens with zero attached hydrogens (tertiary/aromatic N) is 3. The summed E-state index contributed by atoms with van der Waals surface area (Å²) in [5.74, 6) is 8.11. The number of hydrogen-bond donors (Lipinski definition) is 2. The van der Waals surface area contributed by atoms with Crippen molar-refractivity contribution in [1.82, 2.24) is 14.9 Å². The molecule has 0 spiro atoms. The summed E-state index contributed by atoms with van der Waals surface area (Å²) >= 11 is 1.47. The Morgan fingerprint density at radius 1 is 1.17 bits per heavy atom. The van der Waals surface area contributed by atoms with Gasteiger partial charge in [0.1, 0.15) is 11.5 Å². The Bertz CT molecular complexity index is 819. The van der Waals surface area contributed by atoms with E-state index >= 15 is 0 Å². The van der Waals surface area contributed by atoms with E-state index in [0.29, 0.717) is 22.3 Å². The topological polar surface area (TPSA) is 86.2 Å². The highest BCUT2D eigenvalue weighted by Gasteiger charge is 2.15. The van der Waals surface area contributed by atoms with E-state index in [1.165, 1.54) is 16.4 Å². The molecule has 0 aliphatic heterocycles. The number of nitrogen functional groups attached to an aromatic ring is 1. The van der Waals surface area contributed by atoms with Gasteiger partial charge in [-0.2, -0.15) is 0 Å². The lowest BCUT2D eigenvalue weighted by Gasteiger charge is -2.06. The van der Waals surface area contributed by atoms with Gasteiger partial charge in [0, 0.05) is 5.75 Å². The number of hydrogen-bond acceptors (Lipinski definition) is 6. The molecule has 7 heteroatoms. The monoisotopic (exact) mass is 328 g/mol. The predicted molar refractivity (Wildman–Crippen MR) is 89.8 cm³/mol. The summed E-state index contributed by atoms with van der Waals surface area (Å²) in [6.45, 7) is 0. The first-order valence-electron chi connectivity index (χ1n) is 6.93. The molecule has 3 rings (SSSR count). The number of rotatable bonds is 5. The first-order valence-corrected chi connectivity index (χ1v) is 7.92. The normalized spacial score (nSPS) is 10.7. The highest BCUT2D eigenvalue weighted by Crippen LogP contribution is 2.29. The summed E-state index contributed by atoms with van der Waals surface area (Å²) in [7, 11) is 1.64. The fourth-order valence-electron chi connectivity index (χ4n) is 2.13. The first-order chi connectivity index (χ1) is 11.2. The molecule has 2 aromatic carbocycles. The van der Waals surface area contributed by atoms with Crippen molar-refractivity contribution < 1.29 is 9.84 Å². The summed E-state index contributed by atoms with van der Waals surface area (Å²) in [5.41, 5.74) is 1.65. The molecule has 0 aliphatic rings. The van der Waals surface area contributed by atoms with Crippen LogP contribution >= 0.6 is 11.8 Å². The van der Waals surface area contributed by atoms with Gasteiger partial charge in [0.15, 0.2) is 5.82 Å². The van der Waals surface area contributed by atoms with Crippen LogP contribution in [0.3, 0.4) is 0 Å². The van der Waals surface area contributed by atoms with E-state index < -0.39 is 0 Å². The van der Waals surface area contributed by atoms with Crippen molar-refractivity contribution in [3.05, 3.63) is 54.1 Å². The van der Waals surface area contributed by atoms with Gasteiger partial charge in [-0.3, -0.25) is 0 Å².